The van der Waals surface area contributed by atoms with Crippen molar-refractivity contribution in [2.24, 2.45) is 5.92 Å². The Morgan fingerprint density at radius 3 is 2.68 bits per heavy atom. The molecule has 1 saturated heterocycles. The van der Waals surface area contributed by atoms with Gasteiger partial charge >= 0.3 is 0 Å². The van der Waals surface area contributed by atoms with E-state index >= 15 is 0 Å². The maximum atomic E-state index is 12.3. The number of carbonyl (C=O) groups excluding carboxylic acids is 1. The number of piperidine rings is 1. The highest BCUT2D eigenvalue weighted by Gasteiger charge is 2.24. The van der Waals surface area contributed by atoms with Crippen molar-refractivity contribution in [2.45, 2.75) is 57.5 Å². The Balaban J connectivity index is 0.00000176. The molecule has 1 unspecified atom stereocenters. The summed E-state index contributed by atoms with van der Waals surface area (Å²) < 4.78 is 1.86. The Kier molecular flexibility index (Phi) is 6.20. The Labute approximate surface area is 137 Å². The van der Waals surface area contributed by atoms with Crippen LogP contribution in [0.15, 0.2) is 6.20 Å². The van der Waals surface area contributed by atoms with E-state index in [2.05, 4.69) is 27.9 Å². The molecule has 0 bridgehead atoms. The van der Waals surface area contributed by atoms with Gasteiger partial charge in [-0.05, 0) is 51.6 Å². The first-order valence-electron chi connectivity index (χ1n) is 8.17. The minimum absolute atomic E-state index is 0. The SMILES string of the molecule is CC(NC(=O)c1cn(C2CCNCC2)nn1)C1CCCC1.Cl. The molecule has 2 N–H and O–H groups in total. The lowest BCUT2D eigenvalue weighted by Crippen LogP contribution is -2.37. The largest absolute Gasteiger partial charge is 0.348 e. The van der Waals surface area contributed by atoms with Crippen molar-refractivity contribution in [3.63, 3.8) is 0 Å². The molecule has 124 valence electrons. The van der Waals surface area contributed by atoms with Gasteiger partial charge in [-0.3, -0.25) is 4.79 Å². The van der Waals surface area contributed by atoms with E-state index in [-0.39, 0.29) is 24.4 Å². The molecule has 1 aliphatic heterocycles. The lowest BCUT2D eigenvalue weighted by Gasteiger charge is -2.22. The predicted molar refractivity (Wildman–Crippen MR) is 87.3 cm³/mol. The second-order valence-corrected chi connectivity index (χ2v) is 6.37. The number of nitrogens with one attached hydrogen (secondary N) is 2. The summed E-state index contributed by atoms with van der Waals surface area (Å²) in [4.78, 5) is 12.3. The molecule has 1 atom stereocenters. The fourth-order valence-electron chi connectivity index (χ4n) is 3.49. The molecule has 1 saturated carbocycles. The van der Waals surface area contributed by atoms with E-state index in [0.717, 1.165) is 25.9 Å². The number of nitrogens with zero attached hydrogens (tertiary/aromatic N) is 3. The second kappa shape index (κ2) is 7.92. The first kappa shape index (κ1) is 17.2. The summed E-state index contributed by atoms with van der Waals surface area (Å²) in [6, 6.07) is 0.594. The average Bonchev–Trinajstić information content (AvgIpc) is 3.20. The average molecular weight is 328 g/mol. The van der Waals surface area contributed by atoms with Crippen LogP contribution in [0.1, 0.15) is 62.0 Å². The lowest BCUT2D eigenvalue weighted by atomic mass is 10.00. The topological polar surface area (TPSA) is 71.8 Å². The number of hydrogen-bond donors (Lipinski definition) is 2. The third-order valence-electron chi connectivity index (χ3n) is 4.89. The van der Waals surface area contributed by atoms with Crippen molar-refractivity contribution in [3.05, 3.63) is 11.9 Å². The maximum Gasteiger partial charge on any atom is 0.273 e. The van der Waals surface area contributed by atoms with E-state index < -0.39 is 0 Å². The molecule has 2 aliphatic rings. The zero-order chi connectivity index (χ0) is 14.7. The van der Waals surface area contributed by atoms with Crippen LogP contribution in [0.4, 0.5) is 0 Å². The summed E-state index contributed by atoms with van der Waals surface area (Å²) in [5.41, 5.74) is 0.443. The van der Waals surface area contributed by atoms with E-state index in [0.29, 0.717) is 17.7 Å². The van der Waals surface area contributed by atoms with Crippen molar-refractivity contribution in [1.82, 2.24) is 25.6 Å². The summed E-state index contributed by atoms with van der Waals surface area (Å²) in [7, 11) is 0. The van der Waals surface area contributed by atoms with Gasteiger partial charge in [-0.2, -0.15) is 0 Å². The first-order valence-corrected chi connectivity index (χ1v) is 8.17. The van der Waals surface area contributed by atoms with Gasteiger partial charge in [0.25, 0.3) is 5.91 Å². The van der Waals surface area contributed by atoms with Crippen molar-refractivity contribution in [1.29, 1.82) is 0 Å². The van der Waals surface area contributed by atoms with Gasteiger partial charge < -0.3 is 10.6 Å². The Morgan fingerprint density at radius 2 is 2.00 bits per heavy atom. The molecule has 22 heavy (non-hydrogen) atoms. The highest BCUT2D eigenvalue weighted by molar-refractivity contribution is 5.92. The third-order valence-corrected chi connectivity index (χ3v) is 4.89. The highest BCUT2D eigenvalue weighted by atomic mass is 35.5. The number of rotatable bonds is 4. The van der Waals surface area contributed by atoms with E-state index in [9.17, 15) is 4.79 Å². The van der Waals surface area contributed by atoms with Crippen LogP contribution in [0.3, 0.4) is 0 Å². The molecule has 0 radical (unpaired) electrons. The molecule has 2 heterocycles. The molecule has 0 spiro atoms. The van der Waals surface area contributed by atoms with Crippen LogP contribution in [0.25, 0.3) is 0 Å². The monoisotopic (exact) mass is 327 g/mol. The first-order chi connectivity index (χ1) is 10.2. The molecule has 1 aromatic heterocycles. The van der Waals surface area contributed by atoms with Crippen molar-refractivity contribution in [3.8, 4) is 0 Å². The van der Waals surface area contributed by atoms with Gasteiger partial charge in [-0.1, -0.05) is 18.1 Å². The summed E-state index contributed by atoms with van der Waals surface area (Å²) in [5.74, 6) is 0.531. The zero-order valence-electron chi connectivity index (χ0n) is 13.1. The third kappa shape index (κ3) is 3.98. The molecular formula is C15H26ClN5O. The minimum atomic E-state index is -0.0883. The molecule has 3 rings (SSSR count). The summed E-state index contributed by atoms with van der Waals surface area (Å²) in [6.07, 6.45) is 8.92. The Hall–Kier alpha value is -1.14. The van der Waals surface area contributed by atoms with E-state index in [1.165, 1.54) is 25.7 Å². The number of carbonyl (C=O) groups is 1. The molecule has 6 nitrogen and oxygen atoms in total. The molecule has 0 aromatic carbocycles. The summed E-state index contributed by atoms with van der Waals surface area (Å²) in [6.45, 7) is 4.11. The molecular weight excluding hydrogens is 302 g/mol. The number of amides is 1. The van der Waals surface area contributed by atoms with Crippen LogP contribution in [-0.2, 0) is 0 Å². The molecule has 2 fully saturated rings. The number of halogens is 1. The number of hydrogen-bond acceptors (Lipinski definition) is 4. The molecule has 1 amide bonds. The smallest absolute Gasteiger partial charge is 0.273 e. The van der Waals surface area contributed by atoms with E-state index in [1.807, 2.05) is 4.68 Å². The Morgan fingerprint density at radius 1 is 1.32 bits per heavy atom. The summed E-state index contributed by atoms with van der Waals surface area (Å²) in [5, 5.41) is 14.6. The van der Waals surface area contributed by atoms with Gasteiger partial charge in [0, 0.05) is 6.04 Å². The standard InChI is InChI=1S/C15H25N5O.ClH/c1-11(12-4-2-3-5-12)17-15(21)14-10-20(19-18-14)13-6-8-16-9-7-13;/h10-13,16H,2-9H2,1H3,(H,17,21);1H. The maximum absolute atomic E-state index is 12.3. The molecule has 7 heteroatoms. The van der Waals surface area contributed by atoms with E-state index in [4.69, 9.17) is 0 Å². The second-order valence-electron chi connectivity index (χ2n) is 6.37. The fourth-order valence-corrected chi connectivity index (χ4v) is 3.49. The predicted octanol–water partition coefficient (Wildman–Crippen LogP) is 1.93. The van der Waals surface area contributed by atoms with Gasteiger partial charge in [0.1, 0.15) is 0 Å². The minimum Gasteiger partial charge on any atom is -0.348 e. The van der Waals surface area contributed by atoms with Crippen LogP contribution < -0.4 is 10.6 Å². The van der Waals surface area contributed by atoms with Crippen LogP contribution in [-0.4, -0.2) is 40.0 Å². The molecule has 1 aromatic rings. The van der Waals surface area contributed by atoms with Crippen molar-refractivity contribution < 1.29 is 4.79 Å². The van der Waals surface area contributed by atoms with Gasteiger partial charge in [0.05, 0.1) is 12.2 Å². The zero-order valence-corrected chi connectivity index (χ0v) is 13.9. The van der Waals surface area contributed by atoms with Gasteiger partial charge in [0.15, 0.2) is 5.69 Å². The number of aromatic nitrogens is 3. The van der Waals surface area contributed by atoms with Gasteiger partial charge in [-0.15, -0.1) is 17.5 Å². The van der Waals surface area contributed by atoms with Crippen LogP contribution in [0.5, 0.6) is 0 Å². The van der Waals surface area contributed by atoms with Crippen molar-refractivity contribution >= 4 is 18.3 Å². The van der Waals surface area contributed by atoms with Gasteiger partial charge in [-0.25, -0.2) is 4.68 Å². The van der Waals surface area contributed by atoms with Crippen LogP contribution in [0.2, 0.25) is 0 Å². The Bertz CT molecular complexity index is 480. The van der Waals surface area contributed by atoms with E-state index in [1.54, 1.807) is 6.20 Å². The van der Waals surface area contributed by atoms with Crippen molar-refractivity contribution in [2.75, 3.05) is 13.1 Å². The van der Waals surface area contributed by atoms with Crippen LogP contribution >= 0.6 is 12.4 Å². The van der Waals surface area contributed by atoms with Crippen LogP contribution in [0, 0.1) is 5.92 Å². The lowest BCUT2D eigenvalue weighted by molar-refractivity contribution is 0.0922. The molecule has 1 aliphatic carbocycles. The fraction of sp³-hybridized carbons (Fsp3) is 0.800. The summed E-state index contributed by atoms with van der Waals surface area (Å²) >= 11 is 0. The quantitative estimate of drug-likeness (QED) is 0.886. The normalized spacial score (nSPS) is 21.3. The highest BCUT2D eigenvalue weighted by Crippen LogP contribution is 2.27. The van der Waals surface area contributed by atoms with Gasteiger partial charge in [0.2, 0.25) is 0 Å².